The Morgan fingerprint density at radius 2 is 1.68 bits per heavy atom. The van der Waals surface area contributed by atoms with Gasteiger partial charge < -0.3 is 26.2 Å². The number of thioether (sulfide) groups is 1. The fraction of sp³-hybridized carbons (Fsp3) is 0.938. The molecule has 148 valence electrons. The molecule has 0 spiro atoms. The quantitative estimate of drug-likeness (QED) is 0.266. The largest absolute Gasteiger partial charge is 0.481 e. The molecule has 1 fully saturated rings. The molecule has 0 saturated carbocycles. The minimum Gasteiger partial charge on any atom is -0.481 e. The number of aliphatic hydroxyl groups is 1. The molecule has 1 saturated heterocycles. The van der Waals surface area contributed by atoms with Crippen molar-refractivity contribution in [3.8, 4) is 0 Å². The highest BCUT2D eigenvalue weighted by Gasteiger charge is 2.19. The highest BCUT2D eigenvalue weighted by Crippen LogP contribution is 2.07. The second-order valence-electron chi connectivity index (χ2n) is 6.29. The normalized spacial score (nSPS) is 21.0. The Morgan fingerprint density at radius 1 is 1.12 bits per heavy atom. The number of hydrogen-bond donors (Lipinski definition) is 6. The Hall–Kier alpha value is -0.420. The lowest BCUT2D eigenvalue weighted by molar-refractivity contribution is -0.141. The highest BCUT2D eigenvalue weighted by atomic mass is 32.2. The number of hydrogen-bond acceptors (Lipinski definition) is 8. The third-order valence-electron chi connectivity index (χ3n) is 4.22. The van der Waals surface area contributed by atoms with Crippen molar-refractivity contribution in [3.05, 3.63) is 0 Å². The average molecular weight is 378 g/mol. The Kier molecular flexibility index (Phi) is 13.3. The van der Waals surface area contributed by atoms with E-state index in [1.807, 2.05) is 6.26 Å². The molecule has 0 radical (unpaired) electrons. The lowest BCUT2D eigenvalue weighted by Gasteiger charge is -2.27. The van der Waals surface area contributed by atoms with Crippen molar-refractivity contribution in [2.45, 2.75) is 12.6 Å². The predicted molar refractivity (Wildman–Crippen MR) is 103 cm³/mol. The summed E-state index contributed by atoms with van der Waals surface area (Å²) >= 11 is 1.64. The van der Waals surface area contributed by atoms with Crippen LogP contribution in [0.25, 0.3) is 0 Å². The van der Waals surface area contributed by atoms with Gasteiger partial charge in [0, 0.05) is 65.4 Å². The van der Waals surface area contributed by atoms with Crippen molar-refractivity contribution in [1.29, 1.82) is 0 Å². The molecule has 1 heterocycles. The molecule has 1 rings (SSSR count). The summed E-state index contributed by atoms with van der Waals surface area (Å²) in [6, 6.07) is 0. The maximum atomic E-state index is 11.3. The van der Waals surface area contributed by atoms with Gasteiger partial charge >= 0.3 is 5.97 Å². The minimum absolute atomic E-state index is 0.299. The second-order valence-corrected chi connectivity index (χ2v) is 7.28. The van der Waals surface area contributed by atoms with Gasteiger partial charge in [-0.2, -0.15) is 11.8 Å². The van der Waals surface area contributed by atoms with E-state index in [0.29, 0.717) is 19.5 Å². The van der Waals surface area contributed by atoms with E-state index in [1.165, 1.54) is 0 Å². The predicted octanol–water partition coefficient (Wildman–Crippen LogP) is -1.57. The van der Waals surface area contributed by atoms with Crippen molar-refractivity contribution in [2.24, 2.45) is 5.92 Å². The van der Waals surface area contributed by atoms with Crippen molar-refractivity contribution in [3.63, 3.8) is 0 Å². The van der Waals surface area contributed by atoms with Crippen LogP contribution in [0.2, 0.25) is 0 Å². The molecule has 25 heavy (non-hydrogen) atoms. The molecule has 0 aliphatic carbocycles. The summed E-state index contributed by atoms with van der Waals surface area (Å²) in [5, 5.41) is 32.6. The summed E-state index contributed by atoms with van der Waals surface area (Å²) < 4.78 is 0. The van der Waals surface area contributed by atoms with E-state index in [4.69, 9.17) is 0 Å². The summed E-state index contributed by atoms with van der Waals surface area (Å²) in [6.45, 7) is 8.04. The van der Waals surface area contributed by atoms with Gasteiger partial charge in [-0.3, -0.25) is 15.0 Å². The number of aliphatic hydroxyl groups excluding tert-OH is 1. The summed E-state index contributed by atoms with van der Waals surface area (Å²) in [7, 11) is 0. The number of aliphatic carboxylic acids is 1. The summed E-state index contributed by atoms with van der Waals surface area (Å²) in [4.78, 5) is 13.5. The van der Waals surface area contributed by atoms with Crippen LogP contribution < -0.4 is 21.3 Å². The Bertz CT molecular complexity index is 340. The molecule has 1 aliphatic rings. The van der Waals surface area contributed by atoms with Crippen LogP contribution >= 0.6 is 11.8 Å². The second kappa shape index (κ2) is 14.7. The van der Waals surface area contributed by atoms with Gasteiger partial charge in [0.1, 0.15) is 6.23 Å². The zero-order valence-corrected chi connectivity index (χ0v) is 16.1. The molecular weight excluding hydrogens is 342 g/mol. The summed E-state index contributed by atoms with van der Waals surface area (Å²) in [5.74, 6) is -0.445. The fourth-order valence-corrected chi connectivity index (χ4v) is 3.18. The molecule has 0 aromatic rings. The zero-order chi connectivity index (χ0) is 18.3. The summed E-state index contributed by atoms with van der Waals surface area (Å²) in [6.07, 6.45) is 1.86. The molecule has 1 aliphatic heterocycles. The number of carboxylic acids is 1. The molecule has 0 bridgehead atoms. The fourth-order valence-electron chi connectivity index (χ4n) is 2.66. The van der Waals surface area contributed by atoms with E-state index in [1.54, 1.807) is 11.8 Å². The first kappa shape index (κ1) is 22.6. The zero-order valence-electron chi connectivity index (χ0n) is 15.3. The van der Waals surface area contributed by atoms with Gasteiger partial charge in [0.25, 0.3) is 0 Å². The third-order valence-corrected chi connectivity index (χ3v) is 4.86. The van der Waals surface area contributed by atoms with E-state index in [-0.39, 0.29) is 0 Å². The van der Waals surface area contributed by atoms with E-state index in [0.717, 1.165) is 58.1 Å². The van der Waals surface area contributed by atoms with Gasteiger partial charge in [-0.15, -0.1) is 0 Å². The molecule has 2 unspecified atom stereocenters. The smallest absolute Gasteiger partial charge is 0.307 e. The Morgan fingerprint density at radius 3 is 2.20 bits per heavy atom. The van der Waals surface area contributed by atoms with E-state index < -0.39 is 18.1 Å². The SMILES string of the molecule is CSCCC(CNC(O)CN1CCNCCNCCNCC1)C(=O)O. The highest BCUT2D eigenvalue weighted by molar-refractivity contribution is 7.98. The van der Waals surface area contributed by atoms with Crippen LogP contribution in [0.15, 0.2) is 0 Å². The molecule has 0 aromatic heterocycles. The van der Waals surface area contributed by atoms with Crippen molar-refractivity contribution >= 4 is 17.7 Å². The van der Waals surface area contributed by atoms with Gasteiger partial charge in [-0.05, 0) is 18.4 Å². The number of carbonyl (C=O) groups is 1. The van der Waals surface area contributed by atoms with Gasteiger partial charge in [-0.25, -0.2) is 0 Å². The summed E-state index contributed by atoms with van der Waals surface area (Å²) in [5.41, 5.74) is 0. The van der Waals surface area contributed by atoms with Crippen LogP contribution in [0.1, 0.15) is 6.42 Å². The van der Waals surface area contributed by atoms with Gasteiger partial charge in [0.2, 0.25) is 0 Å². The number of nitrogens with zero attached hydrogens (tertiary/aromatic N) is 1. The first-order valence-corrected chi connectivity index (χ1v) is 10.5. The number of rotatable bonds is 9. The van der Waals surface area contributed by atoms with Crippen LogP contribution in [0.3, 0.4) is 0 Å². The number of β-amino-alcohol motifs (C(OH)–C–C–N with tert-alkyl or cyclic N) is 1. The lowest BCUT2D eigenvalue weighted by Crippen LogP contribution is -2.48. The van der Waals surface area contributed by atoms with Crippen LogP contribution in [-0.2, 0) is 4.79 Å². The van der Waals surface area contributed by atoms with Crippen molar-refractivity contribution in [2.75, 3.05) is 77.5 Å². The van der Waals surface area contributed by atoms with Crippen molar-refractivity contribution in [1.82, 2.24) is 26.2 Å². The first-order chi connectivity index (χ1) is 12.1. The third kappa shape index (κ3) is 11.7. The molecule has 6 N–H and O–H groups in total. The topological polar surface area (TPSA) is 109 Å². The van der Waals surface area contributed by atoms with Gasteiger partial charge in [-0.1, -0.05) is 0 Å². The number of nitrogens with one attached hydrogen (secondary N) is 4. The van der Waals surface area contributed by atoms with Crippen LogP contribution in [0.5, 0.6) is 0 Å². The van der Waals surface area contributed by atoms with E-state index in [2.05, 4.69) is 26.2 Å². The van der Waals surface area contributed by atoms with E-state index >= 15 is 0 Å². The minimum atomic E-state index is -0.804. The average Bonchev–Trinajstić information content (AvgIpc) is 2.57. The number of carboxylic acid groups (broad SMARTS) is 1. The molecule has 9 heteroatoms. The van der Waals surface area contributed by atoms with E-state index in [9.17, 15) is 15.0 Å². The van der Waals surface area contributed by atoms with Crippen LogP contribution in [0.4, 0.5) is 0 Å². The molecular formula is C16H35N5O3S. The monoisotopic (exact) mass is 377 g/mol. The molecule has 8 nitrogen and oxygen atoms in total. The van der Waals surface area contributed by atoms with Crippen LogP contribution in [-0.4, -0.2) is 105 Å². The maximum Gasteiger partial charge on any atom is 0.307 e. The first-order valence-electron chi connectivity index (χ1n) is 9.11. The molecule has 0 amide bonds. The Balaban J connectivity index is 2.34. The molecule has 2 atom stereocenters. The van der Waals surface area contributed by atoms with Gasteiger partial charge in [0.15, 0.2) is 0 Å². The van der Waals surface area contributed by atoms with Gasteiger partial charge in [0.05, 0.1) is 5.92 Å². The van der Waals surface area contributed by atoms with Crippen molar-refractivity contribution < 1.29 is 15.0 Å². The molecule has 0 aromatic carbocycles. The Labute approximate surface area is 155 Å². The standard InChI is InChI=1S/C16H35N5O3S/c1-25-11-2-14(16(23)24)12-20-15(22)13-21-9-7-18-5-3-17-4-6-19-8-10-21/h14-15,17-20,22H,2-13H2,1H3,(H,23,24). The van der Waals surface area contributed by atoms with Crippen LogP contribution in [0, 0.1) is 5.92 Å². The lowest BCUT2D eigenvalue weighted by atomic mass is 10.1. The maximum absolute atomic E-state index is 11.3.